The quantitative estimate of drug-likeness (QED) is 0.107. The Bertz CT molecular complexity index is 1270. The van der Waals surface area contributed by atoms with Crippen LogP contribution in [0.4, 0.5) is 0 Å². The minimum Gasteiger partial charge on any atom is -0.370 e. The average Bonchev–Trinajstić information content (AvgIpc) is 2.99. The predicted octanol–water partition coefficient (Wildman–Crippen LogP) is 1.85. The third-order valence-corrected chi connectivity index (χ3v) is 6.70. The van der Waals surface area contributed by atoms with Crippen molar-refractivity contribution >= 4 is 23.7 Å². The summed E-state index contributed by atoms with van der Waals surface area (Å²) in [6, 6.07) is 26.0. The third-order valence-electron chi connectivity index (χ3n) is 6.70. The zero-order valence-electron chi connectivity index (χ0n) is 24.3. The first-order valence-corrected chi connectivity index (χ1v) is 14.0. The van der Waals surface area contributed by atoms with Gasteiger partial charge in [0, 0.05) is 33.7 Å². The van der Waals surface area contributed by atoms with Gasteiger partial charge in [0.25, 0.3) is 0 Å². The number of carbonyl (C=O) groups excluding carboxylic acids is 3. The summed E-state index contributed by atoms with van der Waals surface area (Å²) in [7, 11) is 3.44. The Balaban J connectivity index is 1.66. The standard InChI is InChI=1S/C32H41N7O3/c1-39(2)28(40)22-35-20-23-15-17-24(18-16-23)21-37-30(41)27(14-9-19-36-32(33)34)38-31(42)29(25-10-5-3-6-11-25)26-12-7-4-8-13-26/h3-8,10-13,15-18,27,29,35H,9,14,19-22H2,1-2H3,(H,37,41)(H,38,42)(H4,33,34,36)/t27-/m1/s1. The van der Waals surface area contributed by atoms with E-state index in [-0.39, 0.29) is 30.2 Å². The molecule has 3 aromatic rings. The first-order valence-electron chi connectivity index (χ1n) is 14.0. The topological polar surface area (TPSA) is 155 Å². The second-order valence-corrected chi connectivity index (χ2v) is 10.2. The second kappa shape index (κ2) is 16.5. The van der Waals surface area contributed by atoms with Gasteiger partial charge in [0.1, 0.15) is 6.04 Å². The van der Waals surface area contributed by atoms with E-state index in [4.69, 9.17) is 11.5 Å². The third kappa shape index (κ3) is 10.4. The molecular formula is C32H41N7O3. The van der Waals surface area contributed by atoms with Crippen LogP contribution in [0.3, 0.4) is 0 Å². The van der Waals surface area contributed by atoms with Gasteiger partial charge in [-0.15, -0.1) is 0 Å². The van der Waals surface area contributed by atoms with Gasteiger partial charge in [-0.2, -0.15) is 0 Å². The Morgan fingerprint density at radius 3 is 1.86 bits per heavy atom. The summed E-state index contributed by atoms with van der Waals surface area (Å²) in [5, 5.41) is 9.07. The minimum atomic E-state index is -0.778. The number of benzene rings is 3. The van der Waals surface area contributed by atoms with Crippen molar-refractivity contribution in [2.75, 3.05) is 27.2 Å². The Hall–Kier alpha value is -4.70. The summed E-state index contributed by atoms with van der Waals surface area (Å²) in [5.74, 6) is -1.14. The van der Waals surface area contributed by atoms with E-state index in [1.165, 1.54) is 0 Å². The Morgan fingerprint density at radius 2 is 1.33 bits per heavy atom. The number of carbonyl (C=O) groups is 3. The maximum absolute atomic E-state index is 13.7. The van der Waals surface area contributed by atoms with Gasteiger partial charge in [-0.3, -0.25) is 19.4 Å². The molecule has 0 radical (unpaired) electrons. The molecule has 0 saturated heterocycles. The smallest absolute Gasteiger partial charge is 0.242 e. The lowest BCUT2D eigenvalue weighted by Crippen LogP contribution is -2.48. The second-order valence-electron chi connectivity index (χ2n) is 10.2. The number of rotatable bonds is 15. The van der Waals surface area contributed by atoms with E-state index in [0.29, 0.717) is 32.5 Å². The zero-order valence-corrected chi connectivity index (χ0v) is 24.3. The number of guanidine groups is 1. The van der Waals surface area contributed by atoms with Crippen molar-refractivity contribution < 1.29 is 14.4 Å². The van der Waals surface area contributed by atoms with E-state index in [2.05, 4.69) is 20.9 Å². The lowest BCUT2D eigenvalue weighted by Gasteiger charge is -2.23. The van der Waals surface area contributed by atoms with Crippen LogP contribution in [-0.4, -0.2) is 61.8 Å². The number of nitrogens with zero attached hydrogens (tertiary/aromatic N) is 2. The van der Waals surface area contributed by atoms with E-state index < -0.39 is 12.0 Å². The van der Waals surface area contributed by atoms with Gasteiger partial charge in [-0.05, 0) is 35.1 Å². The van der Waals surface area contributed by atoms with Crippen LogP contribution in [0.25, 0.3) is 0 Å². The Morgan fingerprint density at radius 1 is 0.786 bits per heavy atom. The van der Waals surface area contributed by atoms with Crippen molar-refractivity contribution in [2.24, 2.45) is 16.5 Å². The molecule has 3 rings (SSSR count). The molecule has 0 unspecified atom stereocenters. The summed E-state index contributed by atoms with van der Waals surface area (Å²) in [6.45, 7) is 1.46. The van der Waals surface area contributed by atoms with Crippen molar-refractivity contribution in [3.63, 3.8) is 0 Å². The SMILES string of the molecule is CN(C)C(=O)CNCc1ccc(CNC(=O)[C@@H](CCCN=C(N)N)NC(=O)C(c2ccccc2)c2ccccc2)cc1. The van der Waals surface area contributed by atoms with Crippen molar-refractivity contribution in [2.45, 2.75) is 37.9 Å². The van der Waals surface area contributed by atoms with E-state index in [1.807, 2.05) is 84.9 Å². The van der Waals surface area contributed by atoms with Crippen molar-refractivity contribution in [3.05, 3.63) is 107 Å². The molecule has 10 heteroatoms. The molecule has 3 amide bonds. The molecule has 0 aliphatic carbocycles. The van der Waals surface area contributed by atoms with Crippen LogP contribution in [0.2, 0.25) is 0 Å². The summed E-state index contributed by atoms with van der Waals surface area (Å²) in [4.78, 5) is 44.3. The first kappa shape index (κ1) is 31.8. The predicted molar refractivity (Wildman–Crippen MR) is 165 cm³/mol. The number of nitrogens with one attached hydrogen (secondary N) is 3. The van der Waals surface area contributed by atoms with E-state index >= 15 is 0 Å². The number of hydrogen-bond donors (Lipinski definition) is 5. The van der Waals surface area contributed by atoms with Crippen molar-refractivity contribution in [1.82, 2.24) is 20.9 Å². The van der Waals surface area contributed by atoms with Gasteiger partial charge in [0.2, 0.25) is 17.7 Å². The lowest BCUT2D eigenvalue weighted by atomic mass is 9.90. The molecule has 0 saturated carbocycles. The van der Waals surface area contributed by atoms with Crippen LogP contribution >= 0.6 is 0 Å². The minimum absolute atomic E-state index is 0.00753. The molecule has 0 heterocycles. The highest BCUT2D eigenvalue weighted by molar-refractivity contribution is 5.92. The Labute approximate surface area is 247 Å². The van der Waals surface area contributed by atoms with Gasteiger partial charge >= 0.3 is 0 Å². The van der Waals surface area contributed by atoms with Crippen molar-refractivity contribution in [1.29, 1.82) is 0 Å². The number of hydrogen-bond acceptors (Lipinski definition) is 5. The van der Waals surface area contributed by atoms with Gasteiger partial charge < -0.3 is 32.3 Å². The summed E-state index contributed by atoms with van der Waals surface area (Å²) >= 11 is 0. The summed E-state index contributed by atoms with van der Waals surface area (Å²) < 4.78 is 0. The van der Waals surface area contributed by atoms with Crippen molar-refractivity contribution in [3.8, 4) is 0 Å². The van der Waals surface area contributed by atoms with E-state index in [1.54, 1.807) is 19.0 Å². The van der Waals surface area contributed by atoms with E-state index in [0.717, 1.165) is 22.3 Å². The molecule has 222 valence electrons. The van der Waals surface area contributed by atoms with Gasteiger partial charge in [-0.1, -0.05) is 84.9 Å². The highest BCUT2D eigenvalue weighted by Gasteiger charge is 2.27. The number of amides is 3. The highest BCUT2D eigenvalue weighted by Crippen LogP contribution is 2.25. The van der Waals surface area contributed by atoms with Gasteiger partial charge in [-0.25, -0.2) is 0 Å². The van der Waals surface area contributed by atoms with E-state index in [9.17, 15) is 14.4 Å². The largest absolute Gasteiger partial charge is 0.370 e. The summed E-state index contributed by atoms with van der Waals surface area (Å²) in [6.07, 6.45) is 0.872. The zero-order chi connectivity index (χ0) is 30.3. The number of aliphatic imine (C=N–C) groups is 1. The Kier molecular flexibility index (Phi) is 12.5. The first-order chi connectivity index (χ1) is 20.2. The molecule has 0 bridgehead atoms. The molecule has 3 aromatic carbocycles. The maximum Gasteiger partial charge on any atom is 0.242 e. The van der Waals surface area contributed by atoms with Crippen LogP contribution in [0, 0.1) is 0 Å². The normalized spacial score (nSPS) is 11.4. The monoisotopic (exact) mass is 571 g/mol. The molecule has 0 fully saturated rings. The molecule has 0 spiro atoms. The van der Waals surface area contributed by atoms with Crippen LogP contribution in [-0.2, 0) is 27.5 Å². The van der Waals surface area contributed by atoms with Gasteiger partial charge in [0.15, 0.2) is 5.96 Å². The number of likely N-dealkylation sites (N-methyl/N-ethyl adjacent to an activating group) is 1. The molecule has 0 aromatic heterocycles. The molecule has 0 aliphatic rings. The number of nitrogens with two attached hydrogens (primary N) is 2. The van der Waals surface area contributed by atoms with Crippen LogP contribution in [0.1, 0.15) is 41.0 Å². The van der Waals surface area contributed by atoms with Crippen LogP contribution < -0.4 is 27.4 Å². The molecule has 42 heavy (non-hydrogen) atoms. The summed E-state index contributed by atoms with van der Waals surface area (Å²) in [5.41, 5.74) is 14.5. The molecular weight excluding hydrogens is 530 g/mol. The lowest BCUT2D eigenvalue weighted by molar-refractivity contribution is -0.129. The highest BCUT2D eigenvalue weighted by atomic mass is 16.2. The van der Waals surface area contributed by atoms with Crippen LogP contribution in [0.15, 0.2) is 89.9 Å². The maximum atomic E-state index is 13.7. The fourth-order valence-electron chi connectivity index (χ4n) is 4.37. The molecule has 1 atom stereocenters. The fourth-order valence-corrected chi connectivity index (χ4v) is 4.37. The molecule has 0 aliphatic heterocycles. The fraction of sp³-hybridized carbons (Fsp3) is 0.312. The van der Waals surface area contributed by atoms with Crippen LogP contribution in [0.5, 0.6) is 0 Å². The average molecular weight is 572 g/mol. The van der Waals surface area contributed by atoms with Gasteiger partial charge in [0.05, 0.1) is 12.5 Å². The molecule has 7 N–H and O–H groups in total. The molecule has 10 nitrogen and oxygen atoms in total.